The van der Waals surface area contributed by atoms with Gasteiger partial charge in [0.2, 0.25) is 0 Å². The standard InChI is InChI=1S/C16H25FN2O/c1-11(19(6)7)13-8-9-15(14(17)10-13)18-12(2)20-16(3,4)5/h8-11,18H,2H2,1,3-7H3/t11-/m0/s1. The molecule has 0 amide bonds. The Morgan fingerprint density at radius 1 is 1.35 bits per heavy atom. The number of nitrogens with zero attached hydrogens (tertiary/aromatic N) is 1. The maximum Gasteiger partial charge on any atom is 0.184 e. The molecule has 112 valence electrons. The van der Waals surface area contributed by atoms with Crippen molar-refractivity contribution in [2.24, 2.45) is 0 Å². The van der Waals surface area contributed by atoms with Crippen molar-refractivity contribution in [2.45, 2.75) is 39.3 Å². The lowest BCUT2D eigenvalue weighted by molar-refractivity contribution is 0.0564. The highest BCUT2D eigenvalue weighted by atomic mass is 19.1. The topological polar surface area (TPSA) is 24.5 Å². The minimum absolute atomic E-state index is 0.160. The summed E-state index contributed by atoms with van der Waals surface area (Å²) < 4.78 is 19.6. The molecule has 0 saturated carbocycles. The number of ether oxygens (including phenoxy) is 1. The van der Waals surface area contributed by atoms with Gasteiger partial charge in [0.1, 0.15) is 11.4 Å². The highest BCUT2D eigenvalue weighted by Gasteiger charge is 2.15. The van der Waals surface area contributed by atoms with Crippen molar-refractivity contribution >= 4 is 5.69 Å². The minimum Gasteiger partial charge on any atom is -0.474 e. The summed E-state index contributed by atoms with van der Waals surface area (Å²) in [5.74, 6) is 0.0275. The lowest BCUT2D eigenvalue weighted by Gasteiger charge is -2.24. The zero-order valence-corrected chi connectivity index (χ0v) is 13.2. The molecule has 0 bridgehead atoms. The predicted molar refractivity (Wildman–Crippen MR) is 82.1 cm³/mol. The van der Waals surface area contributed by atoms with Crippen LogP contribution in [0, 0.1) is 5.82 Å². The largest absolute Gasteiger partial charge is 0.474 e. The summed E-state index contributed by atoms with van der Waals surface area (Å²) in [6.45, 7) is 11.5. The molecule has 20 heavy (non-hydrogen) atoms. The Balaban J connectivity index is 2.81. The predicted octanol–water partition coefficient (Wildman–Crippen LogP) is 4.15. The number of hydrogen-bond donors (Lipinski definition) is 1. The SMILES string of the molecule is C=C(Nc1ccc([C@H](C)N(C)C)cc1F)OC(C)(C)C. The molecule has 1 aromatic rings. The molecule has 0 radical (unpaired) electrons. The van der Waals surface area contributed by atoms with Gasteiger partial charge in [-0.05, 0) is 66.1 Å². The zero-order chi connectivity index (χ0) is 15.5. The molecule has 0 aromatic heterocycles. The van der Waals surface area contributed by atoms with E-state index in [9.17, 15) is 4.39 Å². The van der Waals surface area contributed by atoms with E-state index in [1.54, 1.807) is 6.07 Å². The Hall–Kier alpha value is -1.55. The van der Waals surface area contributed by atoms with E-state index in [1.807, 2.05) is 52.8 Å². The first-order chi connectivity index (χ1) is 9.10. The summed E-state index contributed by atoms with van der Waals surface area (Å²) in [5, 5.41) is 2.86. The average Bonchev–Trinajstić information content (AvgIpc) is 2.28. The maximum atomic E-state index is 14.1. The van der Waals surface area contributed by atoms with Crippen LogP contribution in [0.2, 0.25) is 0 Å². The second kappa shape index (κ2) is 6.27. The number of hydrogen-bond acceptors (Lipinski definition) is 3. The third-order valence-corrected chi connectivity index (χ3v) is 2.95. The van der Waals surface area contributed by atoms with Gasteiger partial charge in [-0.15, -0.1) is 0 Å². The Morgan fingerprint density at radius 2 is 1.95 bits per heavy atom. The van der Waals surface area contributed by atoms with Gasteiger partial charge in [0, 0.05) is 6.04 Å². The third-order valence-electron chi connectivity index (χ3n) is 2.95. The first-order valence-electron chi connectivity index (χ1n) is 6.71. The normalized spacial score (nSPS) is 13.2. The molecule has 1 atom stereocenters. The molecule has 0 aliphatic rings. The van der Waals surface area contributed by atoms with E-state index < -0.39 is 0 Å². The molecule has 1 rings (SSSR count). The highest BCUT2D eigenvalue weighted by Crippen LogP contribution is 2.24. The van der Waals surface area contributed by atoms with Crippen molar-refractivity contribution in [2.75, 3.05) is 19.4 Å². The van der Waals surface area contributed by atoms with Crippen LogP contribution in [0.4, 0.5) is 10.1 Å². The lowest BCUT2D eigenvalue weighted by Crippen LogP contribution is -2.21. The van der Waals surface area contributed by atoms with Crippen LogP contribution in [0.15, 0.2) is 30.7 Å². The van der Waals surface area contributed by atoms with Crippen molar-refractivity contribution in [3.05, 3.63) is 42.0 Å². The molecule has 3 nitrogen and oxygen atoms in total. The van der Waals surface area contributed by atoms with Gasteiger partial charge in [0.15, 0.2) is 5.88 Å². The van der Waals surface area contributed by atoms with Crippen LogP contribution >= 0.6 is 0 Å². The number of nitrogens with one attached hydrogen (secondary N) is 1. The van der Waals surface area contributed by atoms with Crippen LogP contribution < -0.4 is 5.32 Å². The van der Waals surface area contributed by atoms with Crippen LogP contribution in [0.5, 0.6) is 0 Å². The van der Waals surface area contributed by atoms with Gasteiger partial charge in [-0.1, -0.05) is 6.07 Å². The van der Waals surface area contributed by atoms with Gasteiger partial charge in [0.25, 0.3) is 0 Å². The smallest absolute Gasteiger partial charge is 0.184 e. The molecular formula is C16H25FN2O. The summed E-state index contributed by atoms with van der Waals surface area (Å²) in [4.78, 5) is 2.03. The molecule has 1 aromatic carbocycles. The number of anilines is 1. The minimum atomic E-state index is -0.361. The Morgan fingerprint density at radius 3 is 2.40 bits per heavy atom. The van der Waals surface area contributed by atoms with Crippen LogP contribution in [0.25, 0.3) is 0 Å². The molecular weight excluding hydrogens is 255 g/mol. The molecule has 0 saturated heterocycles. The quantitative estimate of drug-likeness (QED) is 0.820. The Kier molecular flexibility index (Phi) is 5.17. The van der Waals surface area contributed by atoms with Crippen molar-refractivity contribution in [1.29, 1.82) is 0 Å². The molecule has 0 aliphatic carbocycles. The van der Waals surface area contributed by atoms with Gasteiger partial charge >= 0.3 is 0 Å². The van der Waals surface area contributed by atoms with Crippen LogP contribution in [0.1, 0.15) is 39.3 Å². The molecule has 0 fully saturated rings. The van der Waals surface area contributed by atoms with Gasteiger partial charge in [-0.25, -0.2) is 4.39 Å². The van der Waals surface area contributed by atoms with Crippen molar-refractivity contribution in [3.63, 3.8) is 0 Å². The first kappa shape index (κ1) is 16.5. The Bertz CT molecular complexity index is 478. The number of benzene rings is 1. The molecule has 0 unspecified atom stereocenters. The fraction of sp³-hybridized carbons (Fsp3) is 0.500. The van der Waals surface area contributed by atoms with Gasteiger partial charge in [0.05, 0.1) is 5.69 Å². The maximum absolute atomic E-state index is 14.1. The van der Waals surface area contributed by atoms with Crippen molar-refractivity contribution < 1.29 is 9.13 Å². The molecule has 0 spiro atoms. The lowest BCUT2D eigenvalue weighted by atomic mass is 10.1. The summed E-state index contributed by atoms with van der Waals surface area (Å²) in [6, 6.07) is 5.31. The summed E-state index contributed by atoms with van der Waals surface area (Å²) in [7, 11) is 3.93. The van der Waals surface area contributed by atoms with E-state index in [-0.39, 0.29) is 17.5 Å². The zero-order valence-electron chi connectivity index (χ0n) is 13.2. The van der Waals surface area contributed by atoms with E-state index in [4.69, 9.17) is 4.74 Å². The van der Waals surface area contributed by atoms with Gasteiger partial charge in [-0.3, -0.25) is 0 Å². The highest BCUT2D eigenvalue weighted by molar-refractivity contribution is 5.49. The summed E-state index contributed by atoms with van der Waals surface area (Å²) in [6.07, 6.45) is 0. The first-order valence-corrected chi connectivity index (χ1v) is 6.71. The monoisotopic (exact) mass is 280 g/mol. The fourth-order valence-corrected chi connectivity index (χ4v) is 1.74. The van der Waals surface area contributed by atoms with E-state index in [2.05, 4.69) is 11.9 Å². The fourth-order valence-electron chi connectivity index (χ4n) is 1.74. The second-order valence-corrected chi connectivity index (χ2v) is 6.14. The van der Waals surface area contributed by atoms with E-state index in [0.717, 1.165) is 5.56 Å². The molecule has 0 aliphatic heterocycles. The molecule has 0 heterocycles. The van der Waals surface area contributed by atoms with E-state index >= 15 is 0 Å². The van der Waals surface area contributed by atoms with Gasteiger partial charge in [-0.2, -0.15) is 0 Å². The summed E-state index contributed by atoms with van der Waals surface area (Å²) >= 11 is 0. The van der Waals surface area contributed by atoms with Crippen LogP contribution in [0.3, 0.4) is 0 Å². The van der Waals surface area contributed by atoms with Crippen molar-refractivity contribution in [1.82, 2.24) is 4.90 Å². The average molecular weight is 280 g/mol. The third kappa shape index (κ3) is 4.85. The molecule has 4 heteroatoms. The van der Waals surface area contributed by atoms with Crippen LogP contribution in [-0.4, -0.2) is 24.6 Å². The van der Waals surface area contributed by atoms with Crippen LogP contribution in [-0.2, 0) is 4.74 Å². The Labute approximate surface area is 121 Å². The second-order valence-electron chi connectivity index (χ2n) is 6.14. The number of rotatable bonds is 5. The van der Waals surface area contributed by atoms with E-state index in [0.29, 0.717) is 11.6 Å². The van der Waals surface area contributed by atoms with Crippen molar-refractivity contribution in [3.8, 4) is 0 Å². The van der Waals surface area contributed by atoms with E-state index in [1.165, 1.54) is 6.07 Å². The number of halogens is 1. The molecule has 1 N–H and O–H groups in total. The van der Waals surface area contributed by atoms with Gasteiger partial charge < -0.3 is 15.0 Å². The summed E-state index contributed by atoms with van der Waals surface area (Å²) in [5.41, 5.74) is 0.939.